The van der Waals surface area contributed by atoms with Gasteiger partial charge in [-0.3, -0.25) is 14.5 Å². The Labute approximate surface area is 187 Å². The number of amides is 1. The second-order valence-electron chi connectivity index (χ2n) is 8.74. The van der Waals surface area contributed by atoms with Crippen LogP contribution in [0.3, 0.4) is 0 Å². The molecule has 1 amide bonds. The van der Waals surface area contributed by atoms with Gasteiger partial charge in [-0.25, -0.2) is 0 Å². The number of rotatable bonds is 4. The maximum Gasteiger partial charge on any atom is 0.268 e. The molecule has 0 spiro atoms. The predicted molar refractivity (Wildman–Crippen MR) is 128 cm³/mol. The van der Waals surface area contributed by atoms with Gasteiger partial charge in [0.2, 0.25) is 0 Å². The molecule has 0 atom stereocenters. The van der Waals surface area contributed by atoms with Gasteiger partial charge in [-0.15, -0.1) is 0 Å². The summed E-state index contributed by atoms with van der Waals surface area (Å²) >= 11 is 0. The number of fused-ring (bicyclic) bond motifs is 3. The second-order valence-corrected chi connectivity index (χ2v) is 8.74. The molecule has 1 aliphatic rings. The van der Waals surface area contributed by atoms with Crippen molar-refractivity contribution in [2.24, 2.45) is 14.1 Å². The second kappa shape index (κ2) is 8.28. The quantitative estimate of drug-likeness (QED) is 0.542. The lowest BCUT2D eigenvalue weighted by molar-refractivity contribution is 0.0901. The molecule has 0 radical (unpaired) electrons. The number of benzene rings is 2. The molecule has 164 valence electrons. The van der Waals surface area contributed by atoms with E-state index >= 15 is 0 Å². The largest absolute Gasteiger partial charge is 0.348 e. The first kappa shape index (κ1) is 20.5. The Morgan fingerprint density at radius 2 is 1.62 bits per heavy atom. The van der Waals surface area contributed by atoms with Crippen molar-refractivity contribution in [1.82, 2.24) is 19.4 Å². The van der Waals surface area contributed by atoms with Crippen LogP contribution in [0.4, 0.5) is 0 Å². The van der Waals surface area contributed by atoms with E-state index in [-0.39, 0.29) is 17.5 Å². The highest BCUT2D eigenvalue weighted by Crippen LogP contribution is 2.25. The lowest BCUT2D eigenvalue weighted by Gasteiger charge is -2.32. The normalized spacial score (nSPS) is 15.4. The minimum absolute atomic E-state index is 0.0810. The van der Waals surface area contributed by atoms with Gasteiger partial charge >= 0.3 is 0 Å². The monoisotopic (exact) mass is 428 g/mol. The minimum atomic E-state index is -0.114. The molecule has 1 aliphatic heterocycles. The lowest BCUT2D eigenvalue weighted by atomic mass is 10.0. The summed E-state index contributed by atoms with van der Waals surface area (Å²) in [5.74, 6) is -0.114. The topological polar surface area (TPSA) is 59.3 Å². The smallest absolute Gasteiger partial charge is 0.268 e. The first-order chi connectivity index (χ1) is 15.5. The van der Waals surface area contributed by atoms with Crippen molar-refractivity contribution in [3.63, 3.8) is 0 Å². The summed E-state index contributed by atoms with van der Waals surface area (Å²) in [7, 11) is 3.64. The van der Waals surface area contributed by atoms with Gasteiger partial charge in [0.05, 0.1) is 16.4 Å². The number of aryl methyl sites for hydroxylation is 2. The number of hydrogen-bond acceptors (Lipinski definition) is 3. The Bertz CT molecular complexity index is 1350. The van der Waals surface area contributed by atoms with Crippen molar-refractivity contribution in [2.45, 2.75) is 25.4 Å². The maximum atomic E-state index is 13.2. The summed E-state index contributed by atoms with van der Waals surface area (Å²) in [6.07, 6.45) is 1.85. The fraction of sp³-hybridized carbons (Fsp3) is 0.308. The molecule has 4 aromatic rings. The molecule has 6 nitrogen and oxygen atoms in total. The number of piperidine rings is 1. The summed E-state index contributed by atoms with van der Waals surface area (Å²) in [6.45, 7) is 2.86. The Kier molecular flexibility index (Phi) is 5.31. The van der Waals surface area contributed by atoms with E-state index in [1.54, 1.807) is 17.7 Å². The van der Waals surface area contributed by atoms with Crippen molar-refractivity contribution in [1.29, 1.82) is 0 Å². The number of nitrogens with zero attached hydrogens (tertiary/aromatic N) is 3. The highest BCUT2D eigenvalue weighted by Gasteiger charge is 2.24. The predicted octanol–water partition coefficient (Wildman–Crippen LogP) is 3.42. The average Bonchev–Trinajstić information content (AvgIpc) is 3.17. The van der Waals surface area contributed by atoms with Crippen LogP contribution in [0.5, 0.6) is 0 Å². The van der Waals surface area contributed by atoms with Crippen molar-refractivity contribution < 1.29 is 4.79 Å². The van der Waals surface area contributed by atoms with Gasteiger partial charge in [0, 0.05) is 45.2 Å². The molecule has 1 fully saturated rings. The molecule has 2 aromatic carbocycles. The standard InChI is InChI=1S/C26H28N4O2/c1-28-23(16-21-24(28)20-10-6-7-11-22(20)29(2)26(21)32)25(31)27-19-12-14-30(15-13-19)17-18-8-4-3-5-9-18/h3-11,16,19H,12-15,17H2,1-2H3,(H,27,31). The highest BCUT2D eigenvalue weighted by atomic mass is 16.2. The number of hydrogen-bond donors (Lipinski definition) is 1. The molecule has 6 heteroatoms. The molecule has 0 saturated carbocycles. The first-order valence-electron chi connectivity index (χ1n) is 11.2. The zero-order valence-corrected chi connectivity index (χ0v) is 18.5. The Balaban J connectivity index is 1.34. The van der Waals surface area contributed by atoms with Gasteiger partial charge in [0.25, 0.3) is 11.5 Å². The maximum absolute atomic E-state index is 13.2. The fourth-order valence-corrected chi connectivity index (χ4v) is 4.90. The number of pyridine rings is 1. The number of carbonyl (C=O) groups excluding carboxylic acids is 1. The van der Waals surface area contributed by atoms with Gasteiger partial charge in [0.1, 0.15) is 5.69 Å². The Hall–Kier alpha value is -3.38. The third-order valence-corrected chi connectivity index (χ3v) is 6.69. The third-order valence-electron chi connectivity index (χ3n) is 6.69. The summed E-state index contributed by atoms with van der Waals surface area (Å²) in [6, 6.07) is 20.2. The van der Waals surface area contributed by atoms with Crippen molar-refractivity contribution >= 4 is 27.7 Å². The van der Waals surface area contributed by atoms with Crippen molar-refractivity contribution in [2.75, 3.05) is 13.1 Å². The van der Waals surface area contributed by atoms with Crippen LogP contribution in [-0.2, 0) is 20.6 Å². The van der Waals surface area contributed by atoms with Crippen LogP contribution >= 0.6 is 0 Å². The number of nitrogens with one attached hydrogen (secondary N) is 1. The van der Waals surface area contributed by atoms with Gasteiger partial charge in [-0.2, -0.15) is 0 Å². The summed E-state index contributed by atoms with van der Waals surface area (Å²) in [4.78, 5) is 28.5. The van der Waals surface area contributed by atoms with Crippen molar-refractivity contribution in [3.8, 4) is 0 Å². The third kappa shape index (κ3) is 3.60. The zero-order chi connectivity index (χ0) is 22.2. The van der Waals surface area contributed by atoms with E-state index in [0.29, 0.717) is 11.1 Å². The lowest BCUT2D eigenvalue weighted by Crippen LogP contribution is -2.44. The van der Waals surface area contributed by atoms with Crippen LogP contribution in [0.25, 0.3) is 21.8 Å². The van der Waals surface area contributed by atoms with E-state index in [1.807, 2.05) is 41.9 Å². The Morgan fingerprint density at radius 1 is 0.938 bits per heavy atom. The van der Waals surface area contributed by atoms with Crippen LogP contribution in [0, 0.1) is 0 Å². The van der Waals surface area contributed by atoms with Crippen LogP contribution in [0.15, 0.2) is 65.5 Å². The first-order valence-corrected chi connectivity index (χ1v) is 11.2. The van der Waals surface area contributed by atoms with Crippen LogP contribution < -0.4 is 10.9 Å². The molecule has 3 heterocycles. The Morgan fingerprint density at radius 3 is 2.38 bits per heavy atom. The number of carbonyl (C=O) groups is 1. The van der Waals surface area contributed by atoms with Crippen LogP contribution in [0.2, 0.25) is 0 Å². The highest BCUT2D eigenvalue weighted by molar-refractivity contribution is 6.08. The molecule has 2 aromatic heterocycles. The molecule has 32 heavy (non-hydrogen) atoms. The molecule has 0 unspecified atom stereocenters. The molecule has 0 bridgehead atoms. The molecule has 5 rings (SSSR count). The fourth-order valence-electron chi connectivity index (χ4n) is 4.90. The van der Waals surface area contributed by atoms with E-state index < -0.39 is 0 Å². The van der Waals surface area contributed by atoms with Gasteiger partial charge < -0.3 is 14.5 Å². The van der Waals surface area contributed by atoms with Crippen molar-refractivity contribution in [3.05, 3.63) is 82.3 Å². The summed E-state index contributed by atoms with van der Waals surface area (Å²) in [5, 5.41) is 4.76. The average molecular weight is 429 g/mol. The summed E-state index contributed by atoms with van der Waals surface area (Å²) < 4.78 is 3.51. The minimum Gasteiger partial charge on any atom is -0.348 e. The van der Waals surface area contributed by atoms with Gasteiger partial charge in [-0.05, 0) is 30.5 Å². The molecular weight excluding hydrogens is 400 g/mol. The van der Waals surface area contributed by atoms with Crippen LogP contribution in [-0.4, -0.2) is 39.1 Å². The van der Waals surface area contributed by atoms with E-state index in [4.69, 9.17) is 0 Å². The van der Waals surface area contributed by atoms with E-state index in [0.717, 1.165) is 48.9 Å². The molecular formula is C26H28N4O2. The summed E-state index contributed by atoms with van der Waals surface area (Å²) in [5.41, 5.74) is 3.44. The molecule has 1 N–H and O–H groups in total. The van der Waals surface area contributed by atoms with Crippen LogP contribution in [0.1, 0.15) is 28.9 Å². The van der Waals surface area contributed by atoms with E-state index in [1.165, 1.54) is 5.56 Å². The van der Waals surface area contributed by atoms with Gasteiger partial charge in [0.15, 0.2) is 0 Å². The SMILES string of the molecule is Cn1c(C(=O)NC2CCN(Cc3ccccc3)CC2)cc2c(=O)n(C)c3ccccc3c21. The number of aromatic nitrogens is 2. The number of para-hydroxylation sites is 1. The van der Waals surface area contributed by atoms with E-state index in [9.17, 15) is 9.59 Å². The number of likely N-dealkylation sites (tertiary alicyclic amines) is 1. The molecule has 0 aliphatic carbocycles. The molecule has 1 saturated heterocycles. The van der Waals surface area contributed by atoms with Gasteiger partial charge in [-0.1, -0.05) is 48.5 Å². The zero-order valence-electron chi connectivity index (χ0n) is 18.5. The van der Waals surface area contributed by atoms with E-state index in [2.05, 4.69) is 34.5 Å².